The van der Waals surface area contributed by atoms with Gasteiger partial charge in [-0.25, -0.2) is 0 Å². The third-order valence-corrected chi connectivity index (χ3v) is 3.19. The molecule has 21 heavy (non-hydrogen) atoms. The molecule has 2 rings (SSSR count). The van der Waals surface area contributed by atoms with Crippen LogP contribution in [0.4, 0.5) is 17.1 Å². The second-order valence-corrected chi connectivity index (χ2v) is 5.72. The van der Waals surface area contributed by atoms with E-state index < -0.39 is 0 Å². The molecule has 2 aromatic carbocycles. The fourth-order valence-electron chi connectivity index (χ4n) is 2.14. The number of hydrogen-bond acceptors (Lipinski definition) is 2. The van der Waals surface area contributed by atoms with Gasteiger partial charge in [0.2, 0.25) is 5.91 Å². The van der Waals surface area contributed by atoms with Crippen molar-refractivity contribution in [3.8, 4) is 0 Å². The summed E-state index contributed by atoms with van der Waals surface area (Å²) in [5.74, 6) is 0.0167. The van der Waals surface area contributed by atoms with Gasteiger partial charge in [-0.15, -0.1) is 0 Å². The zero-order valence-corrected chi connectivity index (χ0v) is 13.0. The molecule has 3 nitrogen and oxygen atoms in total. The molecule has 0 radical (unpaired) electrons. The van der Waals surface area contributed by atoms with Crippen LogP contribution in [0.5, 0.6) is 0 Å². The van der Waals surface area contributed by atoms with Crippen molar-refractivity contribution in [1.82, 2.24) is 0 Å². The Morgan fingerprint density at radius 1 is 0.857 bits per heavy atom. The molecular formula is C18H22N2O. The molecule has 0 heterocycles. The number of hydrogen-bond donors (Lipinski definition) is 2. The quantitative estimate of drug-likeness (QED) is 0.857. The standard InChI is InChI=1S/C18H22N2O/c1-12(2)18(21)20-16-7-5-15(6-8-16)19-17-10-13(3)9-14(4)11-17/h5-12,19H,1-4H3,(H,20,21). The largest absolute Gasteiger partial charge is 0.356 e. The van der Waals surface area contributed by atoms with E-state index in [2.05, 4.69) is 42.7 Å². The van der Waals surface area contributed by atoms with Crippen molar-refractivity contribution in [2.24, 2.45) is 5.92 Å². The maximum Gasteiger partial charge on any atom is 0.226 e. The van der Waals surface area contributed by atoms with E-state index >= 15 is 0 Å². The van der Waals surface area contributed by atoms with Crippen molar-refractivity contribution in [3.63, 3.8) is 0 Å². The van der Waals surface area contributed by atoms with E-state index in [1.807, 2.05) is 38.1 Å². The molecule has 0 saturated heterocycles. The Balaban J connectivity index is 2.07. The summed E-state index contributed by atoms with van der Waals surface area (Å²) in [5, 5.41) is 6.26. The molecule has 0 unspecified atom stereocenters. The van der Waals surface area contributed by atoms with Crippen LogP contribution in [-0.4, -0.2) is 5.91 Å². The smallest absolute Gasteiger partial charge is 0.226 e. The van der Waals surface area contributed by atoms with Crippen LogP contribution in [0.3, 0.4) is 0 Å². The Kier molecular flexibility index (Phi) is 4.63. The number of rotatable bonds is 4. The summed E-state index contributed by atoms with van der Waals surface area (Å²) in [5.41, 5.74) is 5.37. The summed E-state index contributed by atoms with van der Waals surface area (Å²) in [7, 11) is 0. The van der Waals surface area contributed by atoms with E-state index in [0.29, 0.717) is 0 Å². The highest BCUT2D eigenvalue weighted by atomic mass is 16.1. The molecule has 0 aromatic heterocycles. The first-order valence-electron chi connectivity index (χ1n) is 7.20. The molecular weight excluding hydrogens is 260 g/mol. The minimum absolute atomic E-state index is 0.0157. The van der Waals surface area contributed by atoms with Gasteiger partial charge in [-0.05, 0) is 61.4 Å². The molecule has 0 atom stereocenters. The zero-order valence-electron chi connectivity index (χ0n) is 13.0. The average Bonchev–Trinajstić information content (AvgIpc) is 2.39. The van der Waals surface area contributed by atoms with E-state index in [1.54, 1.807) is 0 Å². The summed E-state index contributed by atoms with van der Waals surface area (Å²) in [6.07, 6.45) is 0. The number of carbonyl (C=O) groups excluding carboxylic acids is 1. The highest BCUT2D eigenvalue weighted by molar-refractivity contribution is 5.92. The minimum atomic E-state index is -0.0157. The molecule has 0 spiro atoms. The van der Waals surface area contributed by atoms with Crippen LogP contribution in [-0.2, 0) is 4.79 Å². The fraction of sp³-hybridized carbons (Fsp3) is 0.278. The molecule has 0 saturated carbocycles. The topological polar surface area (TPSA) is 41.1 Å². The first-order valence-corrected chi connectivity index (χ1v) is 7.20. The van der Waals surface area contributed by atoms with E-state index in [1.165, 1.54) is 11.1 Å². The number of benzene rings is 2. The molecule has 0 bridgehead atoms. The Bertz CT molecular complexity index is 610. The van der Waals surface area contributed by atoms with Crippen LogP contribution in [0.15, 0.2) is 42.5 Å². The molecule has 0 aliphatic carbocycles. The molecule has 2 aromatic rings. The van der Waals surface area contributed by atoms with Crippen LogP contribution < -0.4 is 10.6 Å². The van der Waals surface area contributed by atoms with Gasteiger partial charge in [0.05, 0.1) is 0 Å². The van der Waals surface area contributed by atoms with Crippen LogP contribution in [0, 0.1) is 19.8 Å². The Morgan fingerprint density at radius 2 is 1.38 bits per heavy atom. The molecule has 0 aliphatic heterocycles. The van der Waals surface area contributed by atoms with E-state index in [9.17, 15) is 4.79 Å². The summed E-state index contributed by atoms with van der Waals surface area (Å²) in [6, 6.07) is 14.1. The lowest BCUT2D eigenvalue weighted by Gasteiger charge is -2.11. The number of amides is 1. The van der Waals surface area contributed by atoms with Gasteiger partial charge < -0.3 is 10.6 Å². The summed E-state index contributed by atoms with van der Waals surface area (Å²) >= 11 is 0. The van der Waals surface area contributed by atoms with Crippen molar-refractivity contribution in [2.75, 3.05) is 10.6 Å². The van der Waals surface area contributed by atoms with E-state index in [-0.39, 0.29) is 11.8 Å². The highest BCUT2D eigenvalue weighted by Gasteiger charge is 2.06. The van der Waals surface area contributed by atoms with Crippen molar-refractivity contribution < 1.29 is 4.79 Å². The third kappa shape index (κ3) is 4.35. The summed E-state index contributed by atoms with van der Waals surface area (Å²) < 4.78 is 0. The third-order valence-electron chi connectivity index (χ3n) is 3.19. The molecule has 0 aliphatic rings. The van der Waals surface area contributed by atoms with Gasteiger partial charge in [0, 0.05) is 23.0 Å². The van der Waals surface area contributed by atoms with Gasteiger partial charge in [0.1, 0.15) is 0 Å². The average molecular weight is 282 g/mol. The van der Waals surface area contributed by atoms with Gasteiger partial charge in [-0.2, -0.15) is 0 Å². The van der Waals surface area contributed by atoms with Gasteiger partial charge >= 0.3 is 0 Å². The van der Waals surface area contributed by atoms with Gasteiger partial charge in [0.15, 0.2) is 0 Å². The monoisotopic (exact) mass is 282 g/mol. The first kappa shape index (κ1) is 15.1. The second-order valence-electron chi connectivity index (χ2n) is 5.72. The van der Waals surface area contributed by atoms with Gasteiger partial charge in [-0.1, -0.05) is 19.9 Å². The fourth-order valence-corrected chi connectivity index (χ4v) is 2.14. The molecule has 0 fully saturated rings. The highest BCUT2D eigenvalue weighted by Crippen LogP contribution is 2.21. The van der Waals surface area contributed by atoms with Crippen LogP contribution in [0.1, 0.15) is 25.0 Å². The lowest BCUT2D eigenvalue weighted by molar-refractivity contribution is -0.118. The number of carbonyl (C=O) groups is 1. The van der Waals surface area contributed by atoms with Crippen molar-refractivity contribution >= 4 is 23.0 Å². The lowest BCUT2D eigenvalue weighted by atomic mass is 10.1. The predicted molar refractivity (Wildman–Crippen MR) is 89.1 cm³/mol. The first-order chi connectivity index (χ1) is 9.94. The maximum atomic E-state index is 11.6. The van der Waals surface area contributed by atoms with Crippen molar-refractivity contribution in [2.45, 2.75) is 27.7 Å². The number of anilines is 3. The summed E-state index contributed by atoms with van der Waals surface area (Å²) in [4.78, 5) is 11.6. The number of nitrogens with one attached hydrogen (secondary N) is 2. The number of aryl methyl sites for hydroxylation is 2. The van der Waals surface area contributed by atoms with Crippen LogP contribution in [0.25, 0.3) is 0 Å². The molecule has 3 heteroatoms. The van der Waals surface area contributed by atoms with Crippen molar-refractivity contribution in [1.29, 1.82) is 0 Å². The lowest BCUT2D eigenvalue weighted by Crippen LogP contribution is -2.17. The minimum Gasteiger partial charge on any atom is -0.356 e. The predicted octanol–water partition coefficient (Wildman–Crippen LogP) is 4.64. The van der Waals surface area contributed by atoms with Crippen LogP contribution in [0.2, 0.25) is 0 Å². The second kappa shape index (κ2) is 6.44. The molecule has 110 valence electrons. The van der Waals surface area contributed by atoms with E-state index in [0.717, 1.165) is 17.1 Å². The SMILES string of the molecule is Cc1cc(C)cc(Nc2ccc(NC(=O)C(C)C)cc2)c1. The van der Waals surface area contributed by atoms with Gasteiger partial charge in [0.25, 0.3) is 0 Å². The van der Waals surface area contributed by atoms with Crippen molar-refractivity contribution in [3.05, 3.63) is 53.6 Å². The van der Waals surface area contributed by atoms with Crippen LogP contribution >= 0.6 is 0 Å². The summed E-state index contributed by atoms with van der Waals surface area (Å²) in [6.45, 7) is 7.93. The van der Waals surface area contributed by atoms with E-state index in [4.69, 9.17) is 0 Å². The van der Waals surface area contributed by atoms with Gasteiger partial charge in [-0.3, -0.25) is 4.79 Å². The maximum absolute atomic E-state index is 11.6. The zero-order chi connectivity index (χ0) is 15.4. The normalized spacial score (nSPS) is 10.5. The Morgan fingerprint density at radius 3 is 1.90 bits per heavy atom. The Hall–Kier alpha value is -2.29. The molecule has 1 amide bonds. The Labute approximate surface area is 126 Å². The molecule has 2 N–H and O–H groups in total.